The molecule has 3 heteroatoms. The Morgan fingerprint density at radius 3 is 0.547 bits per heavy atom. The molecule has 0 aliphatic heterocycles. The van der Waals surface area contributed by atoms with Crippen LogP contribution in [0, 0.1) is 0 Å². The average Bonchev–Trinajstić information content (AvgIpc) is 3.22. The summed E-state index contributed by atoms with van der Waals surface area (Å²) in [4.78, 5) is 0. The maximum atomic E-state index is 8.63. The van der Waals surface area contributed by atoms with Gasteiger partial charge in [-0.1, -0.05) is 252 Å². The van der Waals surface area contributed by atoms with Crippen molar-refractivity contribution < 1.29 is 15.3 Å². The third-order valence-electron chi connectivity index (χ3n) is 4.40. The zero-order chi connectivity index (χ0) is 41.7. The van der Waals surface area contributed by atoms with Gasteiger partial charge >= 0.3 is 0 Å². The van der Waals surface area contributed by atoms with E-state index in [2.05, 4.69) is 65.8 Å². The highest BCUT2D eigenvalue weighted by atomic mass is 16.3. The zero-order valence-corrected chi connectivity index (χ0v) is 36.3. The molecule has 0 unspecified atom stereocenters. The fourth-order valence-electron chi connectivity index (χ4n) is 2.51. The van der Waals surface area contributed by atoms with Crippen LogP contribution in [0.4, 0.5) is 0 Å². The van der Waals surface area contributed by atoms with Crippen LogP contribution in [0.2, 0.25) is 0 Å². The normalized spacial score (nSPS) is 7.26. The molecule has 0 aliphatic carbocycles. The Morgan fingerprint density at radius 2 is 0.453 bits per heavy atom. The fourth-order valence-corrected chi connectivity index (χ4v) is 2.51. The number of hydrogen-bond acceptors (Lipinski definition) is 3. The highest BCUT2D eigenvalue weighted by Crippen LogP contribution is 2.11. The summed E-state index contributed by atoms with van der Waals surface area (Å²) in [5.74, 6) is 1.62. The Hall–Kier alpha value is -4.50. The van der Waals surface area contributed by atoms with Gasteiger partial charge < -0.3 is 15.3 Å². The lowest BCUT2D eigenvalue weighted by Gasteiger charge is -2.01. The fraction of sp³-hybridized carbons (Fsp3) is 0.400. The van der Waals surface area contributed by atoms with Gasteiger partial charge in [0, 0.05) is 0 Å². The molecule has 3 nitrogen and oxygen atoms in total. The van der Waals surface area contributed by atoms with Crippen molar-refractivity contribution in [3.8, 4) is 17.2 Å². The number of hydrogen-bond donors (Lipinski definition) is 3. The summed E-state index contributed by atoms with van der Waals surface area (Å²) in [5, 5.41) is 25.9. The first-order valence-corrected chi connectivity index (χ1v) is 19.6. The van der Waals surface area contributed by atoms with Crippen molar-refractivity contribution in [2.24, 2.45) is 0 Å². The van der Waals surface area contributed by atoms with Crippen molar-refractivity contribution in [3.05, 3.63) is 163 Å². The van der Waals surface area contributed by atoms with Gasteiger partial charge in [0.25, 0.3) is 0 Å². The first-order chi connectivity index (χ1) is 25.3. The summed E-state index contributed by atoms with van der Waals surface area (Å²) in [7, 11) is 0. The monoisotopic (exact) mass is 735 g/mol. The second-order valence-electron chi connectivity index (χ2n) is 9.14. The molecule has 0 spiro atoms. The van der Waals surface area contributed by atoms with Crippen LogP contribution in [-0.4, -0.2) is 15.3 Å². The number of aromatic hydroxyl groups is 3. The van der Waals surface area contributed by atoms with E-state index in [0.29, 0.717) is 23.2 Å². The van der Waals surface area contributed by atoms with E-state index in [1.54, 1.807) is 72.8 Å². The second kappa shape index (κ2) is 69.3. The van der Waals surface area contributed by atoms with Crippen molar-refractivity contribution in [1.82, 2.24) is 0 Å². The number of benzene rings is 5. The van der Waals surface area contributed by atoms with Crippen LogP contribution >= 0.6 is 0 Å². The molecule has 0 aliphatic rings. The highest BCUT2D eigenvalue weighted by molar-refractivity contribution is 5.20. The first kappa shape index (κ1) is 66.7. The van der Waals surface area contributed by atoms with Gasteiger partial charge in [-0.05, 0) is 47.9 Å². The molecule has 0 atom stereocenters. The standard InChI is InChI=1S/C9H12.3C6H6O.C6H6.2C3H8.5C2H6.CH4/c1-8(2)9-6-4-3-5-7-9;3*7-6-4-2-1-3-5-6;1-2-4-6-5-3-1;2*1-3-2;5*1-2;/h3-8H,1-2H3;3*1-5,7H;1-6H;2*3H2,1-2H3;5*1-2H3;1H4. The minimum Gasteiger partial charge on any atom is -0.508 e. The summed E-state index contributed by atoms with van der Waals surface area (Å²) in [5.41, 5.74) is 1.41. The van der Waals surface area contributed by atoms with Gasteiger partial charge in [0.15, 0.2) is 0 Å². The first-order valence-electron chi connectivity index (χ1n) is 19.6. The molecule has 304 valence electrons. The van der Waals surface area contributed by atoms with Crippen molar-refractivity contribution in [1.29, 1.82) is 0 Å². The zero-order valence-electron chi connectivity index (χ0n) is 36.3. The van der Waals surface area contributed by atoms with Crippen molar-refractivity contribution in [3.63, 3.8) is 0 Å². The molecule has 0 saturated heterocycles. The van der Waals surface area contributed by atoms with Crippen LogP contribution in [0.3, 0.4) is 0 Å². The number of para-hydroxylation sites is 3. The lowest BCUT2D eigenvalue weighted by atomic mass is 10.0. The predicted molar refractivity (Wildman–Crippen MR) is 247 cm³/mol. The minimum absolute atomic E-state index is 0. The molecule has 0 saturated carbocycles. The lowest BCUT2D eigenvalue weighted by molar-refractivity contribution is 0.475. The molecular formula is C50H86O3. The Labute approximate surface area is 331 Å². The molecule has 0 aromatic heterocycles. The molecule has 0 radical (unpaired) electrons. The molecule has 53 heavy (non-hydrogen) atoms. The topological polar surface area (TPSA) is 60.7 Å². The van der Waals surface area contributed by atoms with E-state index in [1.807, 2.05) is 130 Å². The van der Waals surface area contributed by atoms with E-state index in [0.717, 1.165) is 0 Å². The summed E-state index contributed by atoms with van der Waals surface area (Å²) < 4.78 is 0. The molecule has 5 aromatic rings. The van der Waals surface area contributed by atoms with E-state index < -0.39 is 0 Å². The van der Waals surface area contributed by atoms with Crippen molar-refractivity contribution >= 4 is 0 Å². The predicted octanol–water partition coefficient (Wildman–Crippen LogP) is 17.3. The van der Waals surface area contributed by atoms with Crippen LogP contribution < -0.4 is 0 Å². The van der Waals surface area contributed by atoms with Crippen LogP contribution in [0.25, 0.3) is 0 Å². The lowest BCUT2D eigenvalue weighted by Crippen LogP contribution is -1.83. The third kappa shape index (κ3) is 69.9. The van der Waals surface area contributed by atoms with E-state index in [9.17, 15) is 0 Å². The van der Waals surface area contributed by atoms with Gasteiger partial charge in [-0.25, -0.2) is 0 Å². The number of phenolic OH excluding ortho intramolecular Hbond substituents is 3. The SMILES string of the molecule is C.CC.CC.CC.CC.CC.CC(C)c1ccccc1.CCC.CCC.Oc1ccccc1.Oc1ccccc1.Oc1ccccc1.c1ccccc1. The third-order valence-corrected chi connectivity index (χ3v) is 4.40. The summed E-state index contributed by atoms with van der Waals surface area (Å²) in [6, 6.07) is 48.7. The number of phenols is 3. The van der Waals surface area contributed by atoms with Crippen molar-refractivity contribution in [2.45, 2.75) is 137 Å². The van der Waals surface area contributed by atoms with Gasteiger partial charge in [0.05, 0.1) is 0 Å². The van der Waals surface area contributed by atoms with E-state index in [4.69, 9.17) is 15.3 Å². The average molecular weight is 735 g/mol. The van der Waals surface area contributed by atoms with Gasteiger partial charge in [-0.15, -0.1) is 0 Å². The molecule has 3 N–H and O–H groups in total. The largest absolute Gasteiger partial charge is 0.508 e. The van der Waals surface area contributed by atoms with E-state index >= 15 is 0 Å². The molecule has 0 heterocycles. The minimum atomic E-state index is 0. The Kier molecular flexibility index (Phi) is 87.2. The van der Waals surface area contributed by atoms with Crippen LogP contribution in [0.5, 0.6) is 17.2 Å². The summed E-state index contributed by atoms with van der Waals surface area (Å²) >= 11 is 0. The molecule has 0 fully saturated rings. The highest BCUT2D eigenvalue weighted by Gasteiger charge is 1.93. The summed E-state index contributed by atoms with van der Waals surface area (Å²) in [6.07, 6.45) is 2.50. The molecule has 5 aromatic carbocycles. The molecular weight excluding hydrogens is 649 g/mol. The Bertz CT molecular complexity index is 1020. The molecule has 0 amide bonds. The molecule has 5 rings (SSSR count). The Morgan fingerprint density at radius 1 is 0.321 bits per heavy atom. The van der Waals surface area contributed by atoms with Gasteiger partial charge in [0.1, 0.15) is 17.2 Å². The van der Waals surface area contributed by atoms with Crippen LogP contribution in [-0.2, 0) is 0 Å². The maximum Gasteiger partial charge on any atom is 0.115 e. The maximum absolute atomic E-state index is 8.63. The van der Waals surface area contributed by atoms with Gasteiger partial charge in [0.2, 0.25) is 0 Å². The molecule has 0 bridgehead atoms. The summed E-state index contributed by atoms with van der Waals surface area (Å²) in [6.45, 7) is 32.9. The smallest absolute Gasteiger partial charge is 0.115 e. The van der Waals surface area contributed by atoms with Crippen molar-refractivity contribution in [2.75, 3.05) is 0 Å². The van der Waals surface area contributed by atoms with Crippen LogP contribution in [0.1, 0.15) is 143 Å². The quantitative estimate of drug-likeness (QED) is 0.161. The van der Waals surface area contributed by atoms with Gasteiger partial charge in [-0.3, -0.25) is 0 Å². The van der Waals surface area contributed by atoms with Gasteiger partial charge in [-0.2, -0.15) is 0 Å². The van der Waals surface area contributed by atoms with E-state index in [-0.39, 0.29) is 7.43 Å². The number of rotatable bonds is 1. The Balaban J connectivity index is -0.0000000725. The second-order valence-corrected chi connectivity index (χ2v) is 9.14. The van der Waals surface area contributed by atoms with E-state index in [1.165, 1.54) is 18.4 Å². The van der Waals surface area contributed by atoms with Crippen LogP contribution in [0.15, 0.2) is 158 Å².